The summed E-state index contributed by atoms with van der Waals surface area (Å²) in [7, 11) is -3.29. The van der Waals surface area contributed by atoms with Crippen LogP contribution in [0.5, 0.6) is 0 Å². The molecule has 0 aliphatic carbocycles. The van der Waals surface area contributed by atoms with Gasteiger partial charge in [0.15, 0.2) is 0 Å². The first-order valence-corrected chi connectivity index (χ1v) is 9.02. The van der Waals surface area contributed by atoms with Crippen LogP contribution in [0, 0.1) is 25.7 Å². The Bertz CT molecular complexity index is 585. The van der Waals surface area contributed by atoms with Gasteiger partial charge in [-0.25, -0.2) is 8.42 Å². The van der Waals surface area contributed by atoms with Crippen LogP contribution < -0.4 is 5.32 Å². The number of thiophene rings is 1. The predicted molar refractivity (Wildman–Crippen MR) is 84.3 cm³/mol. The zero-order valence-corrected chi connectivity index (χ0v) is 14.2. The molecule has 2 saturated heterocycles. The highest BCUT2D eigenvalue weighted by Gasteiger charge is 2.38. The van der Waals surface area contributed by atoms with Gasteiger partial charge in [-0.1, -0.05) is 0 Å². The molecule has 1 aromatic heterocycles. The summed E-state index contributed by atoms with van der Waals surface area (Å²) >= 11 is 1.39. The van der Waals surface area contributed by atoms with Crippen LogP contribution in [0.15, 0.2) is 10.3 Å². The highest BCUT2D eigenvalue weighted by atomic mass is 35.5. The van der Waals surface area contributed by atoms with Crippen molar-refractivity contribution in [3.8, 4) is 0 Å². The van der Waals surface area contributed by atoms with Crippen LogP contribution in [0.25, 0.3) is 0 Å². The third-order valence-electron chi connectivity index (χ3n) is 4.24. The number of piperidine rings is 1. The summed E-state index contributed by atoms with van der Waals surface area (Å²) in [6.07, 6.45) is 0.986. The van der Waals surface area contributed by atoms with Crippen molar-refractivity contribution in [2.24, 2.45) is 11.8 Å². The van der Waals surface area contributed by atoms with Gasteiger partial charge in [0.1, 0.15) is 4.21 Å². The molecule has 0 saturated carbocycles. The maximum absolute atomic E-state index is 12.7. The Morgan fingerprint density at radius 1 is 1.30 bits per heavy atom. The molecule has 2 aliphatic heterocycles. The zero-order valence-electron chi connectivity index (χ0n) is 11.8. The van der Waals surface area contributed by atoms with Gasteiger partial charge in [-0.15, -0.1) is 23.7 Å². The first-order valence-electron chi connectivity index (χ1n) is 6.76. The molecule has 3 rings (SSSR count). The Balaban J connectivity index is 0.00000147. The van der Waals surface area contributed by atoms with E-state index in [9.17, 15) is 8.42 Å². The second-order valence-electron chi connectivity index (χ2n) is 5.66. The summed E-state index contributed by atoms with van der Waals surface area (Å²) < 4.78 is 27.7. The minimum Gasteiger partial charge on any atom is -0.316 e. The number of nitrogens with zero attached hydrogens (tertiary/aromatic N) is 1. The molecule has 0 spiro atoms. The third kappa shape index (κ3) is 2.76. The minimum atomic E-state index is -3.29. The van der Waals surface area contributed by atoms with E-state index in [2.05, 4.69) is 5.32 Å². The highest BCUT2D eigenvalue weighted by Crippen LogP contribution is 2.33. The van der Waals surface area contributed by atoms with Gasteiger partial charge in [-0.05, 0) is 56.8 Å². The van der Waals surface area contributed by atoms with Gasteiger partial charge in [0.05, 0.1) is 0 Å². The Kier molecular flexibility index (Phi) is 4.81. The monoisotopic (exact) mass is 336 g/mol. The fourth-order valence-corrected chi connectivity index (χ4v) is 6.53. The third-order valence-corrected chi connectivity index (χ3v) is 7.87. The fourth-order valence-electron chi connectivity index (χ4n) is 3.21. The van der Waals surface area contributed by atoms with E-state index in [-0.39, 0.29) is 12.4 Å². The van der Waals surface area contributed by atoms with Gasteiger partial charge >= 0.3 is 0 Å². The summed E-state index contributed by atoms with van der Waals surface area (Å²) in [4.78, 5) is 1.06. The van der Waals surface area contributed by atoms with Gasteiger partial charge < -0.3 is 5.32 Å². The number of hydrogen-bond donors (Lipinski definition) is 1. The largest absolute Gasteiger partial charge is 0.316 e. The highest BCUT2D eigenvalue weighted by molar-refractivity contribution is 7.91. The van der Waals surface area contributed by atoms with E-state index >= 15 is 0 Å². The Hall–Kier alpha value is -0.140. The SMILES string of the molecule is Cc1cc(C)c(S(=O)(=O)N2CCC3CNCC3C2)s1.Cl. The molecule has 4 nitrogen and oxygen atoms in total. The molecule has 114 valence electrons. The smallest absolute Gasteiger partial charge is 0.252 e. The number of fused-ring (bicyclic) bond motifs is 1. The van der Waals surface area contributed by atoms with Gasteiger partial charge in [0.25, 0.3) is 10.0 Å². The molecule has 2 fully saturated rings. The molecule has 7 heteroatoms. The van der Waals surface area contributed by atoms with Crippen LogP contribution in [0.1, 0.15) is 16.9 Å². The Morgan fingerprint density at radius 3 is 2.65 bits per heavy atom. The summed E-state index contributed by atoms with van der Waals surface area (Å²) in [6, 6.07) is 1.96. The van der Waals surface area contributed by atoms with Crippen molar-refractivity contribution >= 4 is 33.8 Å². The number of hydrogen-bond acceptors (Lipinski definition) is 4. The molecule has 0 radical (unpaired) electrons. The summed E-state index contributed by atoms with van der Waals surface area (Å²) in [5.41, 5.74) is 0.883. The van der Waals surface area contributed by atoms with Crippen molar-refractivity contribution in [2.45, 2.75) is 24.5 Å². The minimum absolute atomic E-state index is 0. The molecule has 2 unspecified atom stereocenters. The van der Waals surface area contributed by atoms with Crippen LogP contribution in [-0.4, -0.2) is 38.9 Å². The second-order valence-corrected chi connectivity index (χ2v) is 9.05. The van der Waals surface area contributed by atoms with E-state index in [1.54, 1.807) is 4.31 Å². The fraction of sp³-hybridized carbons (Fsp3) is 0.692. The van der Waals surface area contributed by atoms with E-state index in [4.69, 9.17) is 0 Å². The molecule has 1 aromatic rings. The van der Waals surface area contributed by atoms with E-state index in [1.165, 1.54) is 11.3 Å². The average molecular weight is 337 g/mol. The summed E-state index contributed by atoms with van der Waals surface area (Å²) in [5.74, 6) is 1.16. The van der Waals surface area contributed by atoms with Crippen molar-refractivity contribution in [2.75, 3.05) is 26.2 Å². The molecule has 3 heterocycles. The number of halogens is 1. The first-order chi connectivity index (χ1) is 8.98. The predicted octanol–water partition coefficient (Wildman–Crippen LogP) is 2.02. The van der Waals surface area contributed by atoms with E-state index in [1.807, 2.05) is 19.9 Å². The molecule has 2 aliphatic rings. The van der Waals surface area contributed by atoms with Crippen LogP contribution in [0.3, 0.4) is 0 Å². The van der Waals surface area contributed by atoms with Crippen molar-refractivity contribution in [1.29, 1.82) is 0 Å². The normalized spacial score (nSPS) is 27.1. The molecule has 1 N–H and O–H groups in total. The van der Waals surface area contributed by atoms with Crippen molar-refractivity contribution < 1.29 is 8.42 Å². The van der Waals surface area contributed by atoms with Gasteiger partial charge in [0.2, 0.25) is 0 Å². The number of rotatable bonds is 2. The lowest BCUT2D eigenvalue weighted by Crippen LogP contribution is -2.43. The molecule has 0 bridgehead atoms. The first kappa shape index (κ1) is 16.2. The van der Waals surface area contributed by atoms with Crippen LogP contribution in [0.4, 0.5) is 0 Å². The van der Waals surface area contributed by atoms with Crippen LogP contribution >= 0.6 is 23.7 Å². The van der Waals surface area contributed by atoms with E-state index < -0.39 is 10.0 Å². The average Bonchev–Trinajstić information content (AvgIpc) is 2.94. The standard InChI is InChI=1S/C13H20N2O2S2.ClH/c1-9-5-10(2)18-13(9)19(16,17)15-4-3-11-6-14-7-12(11)8-15;/h5,11-12,14H,3-4,6-8H2,1-2H3;1H. The number of aryl methyl sites for hydroxylation is 2. The summed E-state index contributed by atoms with van der Waals surface area (Å²) in [5, 5.41) is 3.37. The molecular weight excluding hydrogens is 316 g/mol. The molecule has 2 atom stereocenters. The lowest BCUT2D eigenvalue weighted by atomic mass is 9.90. The maximum Gasteiger partial charge on any atom is 0.252 e. The van der Waals surface area contributed by atoms with Gasteiger partial charge in [0, 0.05) is 18.0 Å². The molecule has 20 heavy (non-hydrogen) atoms. The molecular formula is C13H21ClN2O2S2. The zero-order chi connectivity index (χ0) is 13.6. The molecule has 0 aromatic carbocycles. The van der Waals surface area contributed by atoms with E-state index in [0.29, 0.717) is 29.1 Å². The van der Waals surface area contributed by atoms with Gasteiger partial charge in [-0.3, -0.25) is 0 Å². The van der Waals surface area contributed by atoms with Crippen molar-refractivity contribution in [1.82, 2.24) is 9.62 Å². The number of nitrogens with one attached hydrogen (secondary N) is 1. The van der Waals surface area contributed by atoms with E-state index in [0.717, 1.165) is 30.0 Å². The van der Waals surface area contributed by atoms with Gasteiger partial charge in [-0.2, -0.15) is 4.31 Å². The topological polar surface area (TPSA) is 49.4 Å². The van der Waals surface area contributed by atoms with Crippen LogP contribution in [0.2, 0.25) is 0 Å². The van der Waals surface area contributed by atoms with Crippen molar-refractivity contribution in [3.63, 3.8) is 0 Å². The Labute approximate surface area is 131 Å². The molecule has 0 amide bonds. The number of sulfonamides is 1. The van der Waals surface area contributed by atoms with Crippen LogP contribution in [-0.2, 0) is 10.0 Å². The Morgan fingerprint density at radius 2 is 2.00 bits per heavy atom. The lowest BCUT2D eigenvalue weighted by Gasteiger charge is -2.33. The van der Waals surface area contributed by atoms with Crippen molar-refractivity contribution in [3.05, 3.63) is 16.5 Å². The maximum atomic E-state index is 12.7. The second kappa shape index (κ2) is 5.93. The quantitative estimate of drug-likeness (QED) is 0.899. The summed E-state index contributed by atoms with van der Waals surface area (Å²) in [6.45, 7) is 7.21. The lowest BCUT2D eigenvalue weighted by molar-refractivity contribution is 0.228.